The van der Waals surface area contributed by atoms with Gasteiger partial charge in [-0.2, -0.15) is 5.10 Å². The highest BCUT2D eigenvalue weighted by Crippen LogP contribution is 2.40. The number of aromatic nitrogens is 3. The fourth-order valence-corrected chi connectivity index (χ4v) is 2.61. The first kappa shape index (κ1) is 11.2. The molecule has 1 saturated carbocycles. The first-order chi connectivity index (χ1) is 8.16. The summed E-state index contributed by atoms with van der Waals surface area (Å²) in [7, 11) is 0. The summed E-state index contributed by atoms with van der Waals surface area (Å²) < 4.78 is 3.75. The minimum Gasteiger partial charge on any atom is -0.271 e. The van der Waals surface area contributed by atoms with Gasteiger partial charge in [0.15, 0.2) is 4.77 Å². The third-order valence-electron chi connectivity index (χ3n) is 2.98. The molecule has 0 radical (unpaired) electrons. The average molecular weight is 310 g/mol. The van der Waals surface area contributed by atoms with Crippen molar-refractivity contribution in [2.75, 3.05) is 0 Å². The number of aromatic amines is 1. The monoisotopic (exact) mass is 309 g/mol. The van der Waals surface area contributed by atoms with Crippen molar-refractivity contribution >= 4 is 28.1 Å². The number of nitrogens with zero attached hydrogens (tertiary/aromatic N) is 2. The molecule has 1 heterocycles. The molecule has 88 valence electrons. The molecule has 0 aliphatic heterocycles. The van der Waals surface area contributed by atoms with Crippen LogP contribution in [0.25, 0.3) is 5.69 Å². The van der Waals surface area contributed by atoms with E-state index in [1.54, 1.807) is 0 Å². The lowest BCUT2D eigenvalue weighted by molar-refractivity contribution is 0.865. The van der Waals surface area contributed by atoms with Crippen LogP contribution in [0.3, 0.4) is 0 Å². The predicted octanol–water partition coefficient (Wildman–Crippen LogP) is 3.88. The lowest BCUT2D eigenvalue weighted by atomic mass is 10.2. The van der Waals surface area contributed by atoms with Gasteiger partial charge < -0.3 is 0 Å². The summed E-state index contributed by atoms with van der Waals surface area (Å²) >= 11 is 8.91. The number of benzene rings is 1. The number of hydrogen-bond donors (Lipinski definition) is 1. The number of H-pyrrole nitrogens is 1. The van der Waals surface area contributed by atoms with Gasteiger partial charge in [0.05, 0.1) is 5.69 Å². The zero-order valence-electron chi connectivity index (χ0n) is 9.40. The van der Waals surface area contributed by atoms with Gasteiger partial charge in [-0.25, -0.2) is 0 Å². The van der Waals surface area contributed by atoms with Crippen LogP contribution in [0.1, 0.15) is 30.1 Å². The van der Waals surface area contributed by atoms with Crippen molar-refractivity contribution in [2.45, 2.75) is 25.7 Å². The third kappa shape index (κ3) is 1.98. The van der Waals surface area contributed by atoms with Gasteiger partial charge in [0, 0.05) is 10.4 Å². The fourth-order valence-electron chi connectivity index (χ4n) is 1.95. The van der Waals surface area contributed by atoms with E-state index in [2.05, 4.69) is 51.3 Å². The number of halogens is 1. The molecule has 0 bridgehead atoms. The Morgan fingerprint density at radius 2 is 2.24 bits per heavy atom. The van der Waals surface area contributed by atoms with Gasteiger partial charge in [-0.15, -0.1) is 0 Å². The molecule has 0 atom stereocenters. The standard InChI is InChI=1S/C12H12BrN3S/c1-7-2-5-9(13)10(6-7)16-11(8-3-4-8)14-15-12(16)17/h2,5-6,8H,3-4H2,1H3,(H,15,17). The predicted molar refractivity (Wildman–Crippen MR) is 73.2 cm³/mol. The van der Waals surface area contributed by atoms with Crippen molar-refractivity contribution in [1.82, 2.24) is 14.8 Å². The van der Waals surface area contributed by atoms with Gasteiger partial charge in [-0.3, -0.25) is 9.67 Å². The summed E-state index contributed by atoms with van der Waals surface area (Å²) in [5.74, 6) is 1.62. The second kappa shape index (κ2) is 4.07. The maximum absolute atomic E-state index is 5.33. The summed E-state index contributed by atoms with van der Waals surface area (Å²) in [6.45, 7) is 2.08. The van der Waals surface area contributed by atoms with Gasteiger partial charge in [0.1, 0.15) is 5.82 Å². The highest BCUT2D eigenvalue weighted by atomic mass is 79.9. The number of aryl methyl sites for hydroxylation is 1. The van der Waals surface area contributed by atoms with E-state index in [4.69, 9.17) is 12.2 Å². The lowest BCUT2D eigenvalue weighted by Gasteiger charge is -2.09. The van der Waals surface area contributed by atoms with E-state index < -0.39 is 0 Å². The minimum absolute atomic E-state index is 0.565. The Balaban J connectivity index is 2.23. The molecule has 1 aromatic heterocycles. The molecule has 17 heavy (non-hydrogen) atoms. The third-order valence-corrected chi connectivity index (χ3v) is 3.93. The molecule has 1 aliphatic rings. The summed E-state index contributed by atoms with van der Waals surface area (Å²) in [5, 5.41) is 7.25. The van der Waals surface area contributed by atoms with Gasteiger partial charge in [-0.05, 0) is 65.6 Å². The Morgan fingerprint density at radius 3 is 2.94 bits per heavy atom. The molecule has 0 amide bonds. The zero-order valence-corrected chi connectivity index (χ0v) is 11.8. The molecule has 1 aromatic carbocycles. The Hall–Kier alpha value is -0.940. The van der Waals surface area contributed by atoms with Crippen molar-refractivity contribution in [3.63, 3.8) is 0 Å². The van der Waals surface area contributed by atoms with Crippen molar-refractivity contribution in [3.8, 4) is 5.69 Å². The second-order valence-corrected chi connectivity index (χ2v) is 5.69. The van der Waals surface area contributed by atoms with Crippen LogP contribution in [0, 0.1) is 11.7 Å². The molecule has 5 heteroatoms. The molecule has 1 aliphatic carbocycles. The van der Waals surface area contributed by atoms with Crippen LogP contribution in [-0.2, 0) is 0 Å². The molecule has 0 saturated heterocycles. The van der Waals surface area contributed by atoms with Gasteiger partial charge in [0.25, 0.3) is 0 Å². The van der Waals surface area contributed by atoms with E-state index in [0.717, 1.165) is 16.0 Å². The summed E-state index contributed by atoms with van der Waals surface area (Å²) in [5.41, 5.74) is 2.29. The highest BCUT2D eigenvalue weighted by Gasteiger charge is 2.29. The van der Waals surface area contributed by atoms with Crippen LogP contribution in [-0.4, -0.2) is 14.8 Å². The SMILES string of the molecule is Cc1ccc(Br)c(-n2c(C3CC3)n[nH]c2=S)c1. The maximum Gasteiger partial charge on any atom is 0.199 e. The largest absolute Gasteiger partial charge is 0.271 e. The van der Waals surface area contributed by atoms with E-state index in [9.17, 15) is 0 Å². The molecule has 0 unspecified atom stereocenters. The van der Waals surface area contributed by atoms with Crippen LogP contribution in [0.5, 0.6) is 0 Å². The lowest BCUT2D eigenvalue weighted by Crippen LogP contribution is -2.01. The van der Waals surface area contributed by atoms with Gasteiger partial charge in [-0.1, -0.05) is 6.07 Å². The van der Waals surface area contributed by atoms with Crippen LogP contribution in [0.2, 0.25) is 0 Å². The smallest absolute Gasteiger partial charge is 0.199 e. The van der Waals surface area contributed by atoms with Crippen molar-refractivity contribution in [1.29, 1.82) is 0 Å². The highest BCUT2D eigenvalue weighted by molar-refractivity contribution is 9.10. The molecule has 1 fully saturated rings. The fraction of sp³-hybridized carbons (Fsp3) is 0.333. The molecule has 3 nitrogen and oxygen atoms in total. The van der Waals surface area contributed by atoms with Crippen molar-refractivity contribution < 1.29 is 0 Å². The summed E-state index contributed by atoms with van der Waals surface area (Å²) in [6, 6.07) is 6.26. The van der Waals surface area contributed by atoms with E-state index in [1.807, 2.05) is 4.57 Å². The average Bonchev–Trinajstić information content (AvgIpc) is 3.07. The molecule has 1 N–H and O–H groups in total. The molecule has 3 rings (SSSR count). The van der Waals surface area contributed by atoms with Gasteiger partial charge in [0.2, 0.25) is 0 Å². The molecule has 0 spiro atoms. The Kier molecular flexibility index (Phi) is 2.67. The van der Waals surface area contributed by atoms with Crippen LogP contribution in [0.15, 0.2) is 22.7 Å². The number of rotatable bonds is 2. The molecular formula is C12H12BrN3S. The van der Waals surface area contributed by atoms with Crippen LogP contribution < -0.4 is 0 Å². The maximum atomic E-state index is 5.33. The first-order valence-corrected chi connectivity index (χ1v) is 6.81. The van der Waals surface area contributed by atoms with Crippen molar-refractivity contribution in [2.24, 2.45) is 0 Å². The first-order valence-electron chi connectivity index (χ1n) is 5.60. The Labute approximate surface area is 113 Å². The summed E-state index contributed by atoms with van der Waals surface area (Å²) in [6.07, 6.45) is 2.42. The Bertz CT molecular complexity index is 625. The van der Waals surface area contributed by atoms with E-state index >= 15 is 0 Å². The normalized spacial score (nSPS) is 15.2. The zero-order chi connectivity index (χ0) is 12.0. The number of nitrogens with one attached hydrogen (secondary N) is 1. The van der Waals surface area contributed by atoms with Crippen molar-refractivity contribution in [3.05, 3.63) is 38.8 Å². The summed E-state index contributed by atoms with van der Waals surface area (Å²) in [4.78, 5) is 0. The van der Waals surface area contributed by atoms with E-state index in [-0.39, 0.29) is 0 Å². The van der Waals surface area contributed by atoms with Crippen LogP contribution in [0.4, 0.5) is 0 Å². The minimum atomic E-state index is 0.565. The number of hydrogen-bond acceptors (Lipinski definition) is 2. The van der Waals surface area contributed by atoms with E-state index in [0.29, 0.717) is 10.7 Å². The topological polar surface area (TPSA) is 33.6 Å². The molecule has 2 aromatic rings. The quantitative estimate of drug-likeness (QED) is 0.854. The van der Waals surface area contributed by atoms with E-state index in [1.165, 1.54) is 18.4 Å². The Morgan fingerprint density at radius 1 is 1.47 bits per heavy atom. The molecular weight excluding hydrogens is 298 g/mol. The van der Waals surface area contributed by atoms with Gasteiger partial charge >= 0.3 is 0 Å². The second-order valence-electron chi connectivity index (χ2n) is 4.45. The van der Waals surface area contributed by atoms with Crippen LogP contribution >= 0.6 is 28.1 Å².